The van der Waals surface area contributed by atoms with Crippen LogP contribution in [-0.2, 0) is 17.3 Å². The molecule has 0 amide bonds. The number of carboxylic acid groups (broad SMARTS) is 1. The molecule has 0 fully saturated rings. The Labute approximate surface area is 111 Å². The molecule has 5 heteroatoms. The number of nitrogens with zero attached hydrogens (tertiary/aromatic N) is 3. The number of hydrogen-bond acceptors (Lipinski definition) is 3. The second-order valence-corrected chi connectivity index (χ2v) is 5.54. The Morgan fingerprint density at radius 3 is 2.63 bits per heavy atom. The highest BCUT2D eigenvalue weighted by atomic mass is 16.4. The van der Waals surface area contributed by atoms with Gasteiger partial charge in [0, 0.05) is 35.7 Å². The second kappa shape index (κ2) is 4.50. The van der Waals surface area contributed by atoms with E-state index in [1.165, 1.54) is 0 Å². The van der Waals surface area contributed by atoms with Gasteiger partial charge in [-0.2, -0.15) is 0 Å². The highest BCUT2D eigenvalue weighted by Gasteiger charge is 2.22. The quantitative estimate of drug-likeness (QED) is 0.841. The summed E-state index contributed by atoms with van der Waals surface area (Å²) in [6.45, 7) is 6.23. The van der Waals surface area contributed by atoms with Crippen molar-refractivity contribution in [1.29, 1.82) is 0 Å². The fourth-order valence-corrected chi connectivity index (χ4v) is 2.10. The van der Waals surface area contributed by atoms with Gasteiger partial charge in [-0.25, -0.2) is 14.8 Å². The molecule has 19 heavy (non-hydrogen) atoms. The average Bonchev–Trinajstić information content (AvgIpc) is 2.63. The van der Waals surface area contributed by atoms with Crippen LogP contribution in [0.5, 0.6) is 0 Å². The van der Waals surface area contributed by atoms with E-state index in [2.05, 4.69) is 30.7 Å². The zero-order valence-corrected chi connectivity index (χ0v) is 11.5. The maximum absolute atomic E-state index is 10.7. The Balaban J connectivity index is 2.75. The molecule has 2 aromatic rings. The predicted octanol–water partition coefficient (Wildman–Crippen LogP) is 2.36. The van der Waals surface area contributed by atoms with Gasteiger partial charge in [-0.15, -0.1) is 0 Å². The lowest BCUT2D eigenvalue weighted by Gasteiger charge is -2.18. The van der Waals surface area contributed by atoms with Crippen molar-refractivity contribution >= 4 is 23.1 Å². The summed E-state index contributed by atoms with van der Waals surface area (Å²) in [4.78, 5) is 19.3. The number of aliphatic carboxylic acids is 1. The molecular weight excluding hydrogens is 242 g/mol. The maximum atomic E-state index is 10.7. The SMILES string of the molecule is Cn1cc(/C=C/C(=O)O)c2c(C(C)(C)C)ncnc21. The molecule has 0 aliphatic carbocycles. The van der Waals surface area contributed by atoms with E-state index in [1.807, 2.05) is 17.8 Å². The Morgan fingerprint density at radius 1 is 1.37 bits per heavy atom. The molecule has 0 unspecified atom stereocenters. The van der Waals surface area contributed by atoms with Crippen LogP contribution in [0.4, 0.5) is 0 Å². The van der Waals surface area contributed by atoms with Crippen molar-refractivity contribution < 1.29 is 9.90 Å². The van der Waals surface area contributed by atoms with Crippen LogP contribution in [-0.4, -0.2) is 25.6 Å². The van der Waals surface area contributed by atoms with Crippen LogP contribution in [0.15, 0.2) is 18.6 Å². The summed E-state index contributed by atoms with van der Waals surface area (Å²) in [5, 5.41) is 9.67. The van der Waals surface area contributed by atoms with Crippen LogP contribution in [0.25, 0.3) is 17.1 Å². The summed E-state index contributed by atoms with van der Waals surface area (Å²) in [6, 6.07) is 0. The maximum Gasteiger partial charge on any atom is 0.328 e. The second-order valence-electron chi connectivity index (χ2n) is 5.54. The third-order valence-corrected chi connectivity index (χ3v) is 2.90. The third-order valence-electron chi connectivity index (χ3n) is 2.90. The van der Waals surface area contributed by atoms with Crippen LogP contribution < -0.4 is 0 Å². The Bertz CT molecular complexity index is 663. The minimum atomic E-state index is -0.967. The molecule has 2 heterocycles. The van der Waals surface area contributed by atoms with Crippen molar-refractivity contribution in [3.63, 3.8) is 0 Å². The van der Waals surface area contributed by atoms with Gasteiger partial charge < -0.3 is 9.67 Å². The molecule has 0 saturated carbocycles. The summed E-state index contributed by atoms with van der Waals surface area (Å²) >= 11 is 0. The van der Waals surface area contributed by atoms with Gasteiger partial charge in [-0.3, -0.25) is 0 Å². The summed E-state index contributed by atoms with van der Waals surface area (Å²) in [7, 11) is 1.89. The highest BCUT2D eigenvalue weighted by molar-refractivity contribution is 5.93. The molecule has 0 radical (unpaired) electrons. The first-order valence-electron chi connectivity index (χ1n) is 6.02. The minimum absolute atomic E-state index is 0.131. The molecule has 0 atom stereocenters. The smallest absolute Gasteiger partial charge is 0.328 e. The molecule has 5 nitrogen and oxygen atoms in total. The fourth-order valence-electron chi connectivity index (χ4n) is 2.10. The topological polar surface area (TPSA) is 68.0 Å². The van der Waals surface area contributed by atoms with Crippen molar-refractivity contribution in [2.45, 2.75) is 26.2 Å². The molecule has 0 aliphatic heterocycles. The molecule has 0 aromatic carbocycles. The standard InChI is InChI=1S/C14H17N3O2/c1-14(2,3)12-11-9(5-6-10(18)19)7-17(4)13(11)16-8-15-12/h5-8H,1-4H3,(H,18,19)/b6-5+. The molecule has 0 saturated heterocycles. The average molecular weight is 259 g/mol. The first-order valence-corrected chi connectivity index (χ1v) is 6.02. The number of carbonyl (C=O) groups is 1. The number of aromatic nitrogens is 3. The molecule has 1 N–H and O–H groups in total. The Morgan fingerprint density at radius 2 is 2.05 bits per heavy atom. The van der Waals surface area contributed by atoms with E-state index in [0.717, 1.165) is 28.4 Å². The van der Waals surface area contributed by atoms with Crippen molar-refractivity contribution in [1.82, 2.24) is 14.5 Å². The summed E-state index contributed by atoms with van der Waals surface area (Å²) in [5.74, 6) is -0.967. The molecule has 0 bridgehead atoms. The lowest BCUT2D eigenvalue weighted by Crippen LogP contribution is -2.14. The van der Waals surface area contributed by atoms with Crippen LogP contribution in [0.3, 0.4) is 0 Å². The lowest BCUT2D eigenvalue weighted by molar-refractivity contribution is -0.131. The van der Waals surface area contributed by atoms with Crippen molar-refractivity contribution in [3.05, 3.63) is 29.9 Å². The van der Waals surface area contributed by atoms with Crippen LogP contribution in [0.1, 0.15) is 32.0 Å². The van der Waals surface area contributed by atoms with Gasteiger partial charge in [0.05, 0.1) is 5.69 Å². The third kappa shape index (κ3) is 2.50. The zero-order chi connectivity index (χ0) is 14.2. The molecule has 2 aromatic heterocycles. The van der Waals surface area contributed by atoms with Gasteiger partial charge in [0.25, 0.3) is 0 Å². The zero-order valence-electron chi connectivity index (χ0n) is 11.5. The van der Waals surface area contributed by atoms with Gasteiger partial charge in [-0.1, -0.05) is 20.8 Å². The molecular formula is C14H17N3O2. The van der Waals surface area contributed by atoms with Gasteiger partial charge in [-0.05, 0) is 6.08 Å². The van der Waals surface area contributed by atoms with Crippen molar-refractivity contribution in [2.24, 2.45) is 7.05 Å². The molecule has 0 spiro atoms. The monoisotopic (exact) mass is 259 g/mol. The van der Waals surface area contributed by atoms with Crippen molar-refractivity contribution in [2.75, 3.05) is 0 Å². The normalized spacial score (nSPS) is 12.4. The van der Waals surface area contributed by atoms with Gasteiger partial charge in [0.1, 0.15) is 12.0 Å². The van der Waals surface area contributed by atoms with Crippen LogP contribution in [0, 0.1) is 0 Å². The first kappa shape index (κ1) is 13.3. The van der Waals surface area contributed by atoms with E-state index < -0.39 is 5.97 Å². The first-order chi connectivity index (χ1) is 8.80. The van der Waals surface area contributed by atoms with E-state index >= 15 is 0 Å². The fraction of sp³-hybridized carbons (Fsp3) is 0.357. The largest absolute Gasteiger partial charge is 0.478 e. The highest BCUT2D eigenvalue weighted by Crippen LogP contribution is 2.30. The van der Waals surface area contributed by atoms with Crippen molar-refractivity contribution in [3.8, 4) is 0 Å². The van der Waals surface area contributed by atoms with E-state index in [0.29, 0.717) is 0 Å². The summed E-state index contributed by atoms with van der Waals surface area (Å²) < 4.78 is 1.88. The lowest BCUT2D eigenvalue weighted by atomic mass is 9.89. The van der Waals surface area contributed by atoms with Crippen LogP contribution in [0.2, 0.25) is 0 Å². The van der Waals surface area contributed by atoms with Crippen LogP contribution >= 0.6 is 0 Å². The number of hydrogen-bond donors (Lipinski definition) is 1. The predicted molar refractivity (Wildman–Crippen MR) is 73.9 cm³/mol. The molecule has 2 rings (SSSR count). The van der Waals surface area contributed by atoms with Gasteiger partial charge >= 0.3 is 5.97 Å². The minimum Gasteiger partial charge on any atom is -0.478 e. The Hall–Kier alpha value is -2.17. The number of rotatable bonds is 2. The van der Waals surface area contributed by atoms with Gasteiger partial charge in [0.15, 0.2) is 0 Å². The number of fused-ring (bicyclic) bond motifs is 1. The summed E-state index contributed by atoms with van der Waals surface area (Å²) in [6.07, 6.45) is 6.14. The van der Waals surface area contributed by atoms with E-state index in [9.17, 15) is 4.79 Å². The number of aryl methyl sites for hydroxylation is 1. The van der Waals surface area contributed by atoms with E-state index in [4.69, 9.17) is 5.11 Å². The molecule has 0 aliphatic rings. The van der Waals surface area contributed by atoms with Gasteiger partial charge in [0.2, 0.25) is 0 Å². The summed E-state index contributed by atoms with van der Waals surface area (Å²) in [5.41, 5.74) is 2.42. The van der Waals surface area contributed by atoms with E-state index in [-0.39, 0.29) is 5.41 Å². The molecule has 100 valence electrons. The Kier molecular flexibility index (Phi) is 3.14. The van der Waals surface area contributed by atoms with E-state index in [1.54, 1.807) is 12.4 Å². The number of carboxylic acids is 1.